The molecule has 0 atom stereocenters. The van der Waals surface area contributed by atoms with Gasteiger partial charge in [-0.2, -0.15) is 4.31 Å². The second kappa shape index (κ2) is 8.15. The third-order valence-corrected chi connectivity index (χ3v) is 8.57. The van der Waals surface area contributed by atoms with Gasteiger partial charge in [-0.1, -0.05) is 41.9 Å². The maximum atomic E-state index is 12.9. The molecular formula is C22H27ClN2O2S. The number of hydrogen-bond acceptors (Lipinski definition) is 3. The predicted octanol–water partition coefficient (Wildman–Crippen LogP) is 4.41. The highest BCUT2D eigenvalue weighted by Gasteiger charge is 2.40. The minimum atomic E-state index is -3.42. The summed E-state index contributed by atoms with van der Waals surface area (Å²) in [6.45, 7) is 4.43. The number of rotatable bonds is 4. The summed E-state index contributed by atoms with van der Waals surface area (Å²) >= 11 is 5.90. The Balaban J connectivity index is 1.33. The lowest BCUT2D eigenvalue weighted by Crippen LogP contribution is -2.48. The van der Waals surface area contributed by atoms with Crippen molar-refractivity contribution < 1.29 is 8.42 Å². The molecule has 2 saturated heterocycles. The number of benzene rings is 2. The number of nitrogens with zero attached hydrogens (tertiary/aromatic N) is 2. The monoisotopic (exact) mass is 418 g/mol. The van der Waals surface area contributed by atoms with Crippen molar-refractivity contribution in [2.24, 2.45) is 5.41 Å². The van der Waals surface area contributed by atoms with Crippen molar-refractivity contribution >= 4 is 21.6 Å². The van der Waals surface area contributed by atoms with Gasteiger partial charge in [-0.3, -0.25) is 4.90 Å². The number of sulfonamides is 1. The number of likely N-dealkylation sites (tertiary alicyclic amines) is 1. The molecule has 2 aromatic carbocycles. The third kappa shape index (κ3) is 4.28. The minimum absolute atomic E-state index is 0.305. The highest BCUT2D eigenvalue weighted by Crippen LogP contribution is 2.42. The molecule has 28 heavy (non-hydrogen) atoms. The molecule has 4 rings (SSSR count). The zero-order valence-electron chi connectivity index (χ0n) is 16.1. The Morgan fingerprint density at radius 3 is 2.00 bits per heavy atom. The molecule has 4 nitrogen and oxygen atoms in total. The van der Waals surface area contributed by atoms with Crippen LogP contribution in [0.5, 0.6) is 0 Å². The molecule has 2 aliphatic rings. The van der Waals surface area contributed by atoms with E-state index in [4.69, 9.17) is 11.6 Å². The highest BCUT2D eigenvalue weighted by molar-refractivity contribution is 7.89. The van der Waals surface area contributed by atoms with E-state index in [2.05, 4.69) is 35.2 Å². The van der Waals surface area contributed by atoms with Gasteiger partial charge in [0.1, 0.15) is 0 Å². The fourth-order valence-electron chi connectivity index (χ4n) is 4.48. The van der Waals surface area contributed by atoms with Crippen molar-refractivity contribution in [3.8, 4) is 0 Å². The molecular weight excluding hydrogens is 392 g/mol. The first-order chi connectivity index (χ1) is 13.5. The zero-order valence-corrected chi connectivity index (χ0v) is 17.6. The van der Waals surface area contributed by atoms with Crippen LogP contribution in [-0.2, 0) is 16.6 Å². The van der Waals surface area contributed by atoms with Gasteiger partial charge in [-0.25, -0.2) is 8.42 Å². The maximum absolute atomic E-state index is 12.9. The van der Waals surface area contributed by atoms with Crippen molar-refractivity contribution in [2.75, 3.05) is 26.2 Å². The van der Waals surface area contributed by atoms with E-state index in [0.29, 0.717) is 28.4 Å². The van der Waals surface area contributed by atoms with Gasteiger partial charge in [0.2, 0.25) is 10.0 Å². The molecule has 150 valence electrons. The standard InChI is InChI=1S/C22H27ClN2O2S/c23-20-6-8-21(9-7-20)28(26,27)25-16-12-22(13-17-25)10-14-24(15-11-22)18-19-4-2-1-3-5-19/h1-9H,10-18H2. The van der Waals surface area contributed by atoms with E-state index in [0.717, 1.165) is 45.3 Å². The molecule has 0 bridgehead atoms. The summed E-state index contributed by atoms with van der Waals surface area (Å²) in [4.78, 5) is 2.86. The third-order valence-electron chi connectivity index (χ3n) is 6.40. The highest BCUT2D eigenvalue weighted by atomic mass is 35.5. The average molecular weight is 419 g/mol. The van der Waals surface area contributed by atoms with Crippen LogP contribution in [-0.4, -0.2) is 43.8 Å². The van der Waals surface area contributed by atoms with Crippen LogP contribution in [0.15, 0.2) is 59.5 Å². The zero-order chi connectivity index (χ0) is 19.6. The lowest BCUT2D eigenvalue weighted by Gasteiger charge is -2.46. The Bertz CT molecular complexity index is 882. The Morgan fingerprint density at radius 2 is 1.39 bits per heavy atom. The lowest BCUT2D eigenvalue weighted by atomic mass is 9.71. The Labute approximate surface area is 173 Å². The van der Waals surface area contributed by atoms with Gasteiger partial charge in [0, 0.05) is 24.7 Å². The van der Waals surface area contributed by atoms with Crippen molar-refractivity contribution in [3.63, 3.8) is 0 Å². The van der Waals surface area contributed by atoms with Crippen LogP contribution < -0.4 is 0 Å². The molecule has 0 unspecified atom stereocenters. The van der Waals surface area contributed by atoms with E-state index in [9.17, 15) is 8.42 Å². The molecule has 0 N–H and O–H groups in total. The summed E-state index contributed by atoms with van der Waals surface area (Å²) in [6, 6.07) is 17.1. The van der Waals surface area contributed by atoms with Gasteiger partial charge in [-0.15, -0.1) is 0 Å². The van der Waals surface area contributed by atoms with Gasteiger partial charge < -0.3 is 0 Å². The number of piperidine rings is 2. The normalized spacial score (nSPS) is 21.0. The first-order valence-corrected chi connectivity index (χ1v) is 11.8. The van der Waals surface area contributed by atoms with E-state index in [1.54, 1.807) is 28.6 Å². The van der Waals surface area contributed by atoms with Gasteiger partial charge in [-0.05, 0) is 74.0 Å². The predicted molar refractivity (Wildman–Crippen MR) is 113 cm³/mol. The first-order valence-electron chi connectivity index (χ1n) is 9.99. The molecule has 2 heterocycles. The molecule has 2 aromatic rings. The van der Waals surface area contributed by atoms with Gasteiger partial charge in [0.25, 0.3) is 0 Å². The fourth-order valence-corrected chi connectivity index (χ4v) is 6.05. The molecule has 0 saturated carbocycles. The van der Waals surface area contributed by atoms with Crippen LogP contribution in [0.2, 0.25) is 5.02 Å². The van der Waals surface area contributed by atoms with Crippen LogP contribution in [0.25, 0.3) is 0 Å². The maximum Gasteiger partial charge on any atom is 0.243 e. The summed E-state index contributed by atoms with van der Waals surface area (Å²) in [7, 11) is -3.42. The van der Waals surface area contributed by atoms with Crippen LogP contribution in [0.3, 0.4) is 0 Å². The van der Waals surface area contributed by atoms with Crippen LogP contribution in [0.4, 0.5) is 0 Å². The first kappa shape index (κ1) is 19.9. The Kier molecular flexibility index (Phi) is 5.79. The summed E-state index contributed by atoms with van der Waals surface area (Å²) in [5.41, 5.74) is 1.67. The summed E-state index contributed by atoms with van der Waals surface area (Å²) in [5.74, 6) is 0. The van der Waals surface area contributed by atoms with Crippen LogP contribution in [0, 0.1) is 5.41 Å². The molecule has 6 heteroatoms. The molecule has 1 spiro atoms. The van der Waals surface area contributed by atoms with E-state index < -0.39 is 10.0 Å². The molecule has 2 aliphatic heterocycles. The lowest BCUT2D eigenvalue weighted by molar-refractivity contribution is 0.0529. The molecule has 0 aromatic heterocycles. The van der Waals surface area contributed by atoms with E-state index in [1.807, 2.05) is 0 Å². The van der Waals surface area contributed by atoms with Crippen LogP contribution in [0.1, 0.15) is 31.2 Å². The molecule has 0 amide bonds. The van der Waals surface area contributed by atoms with Crippen molar-refractivity contribution in [1.82, 2.24) is 9.21 Å². The second-order valence-electron chi connectivity index (χ2n) is 8.12. The van der Waals surface area contributed by atoms with Crippen LogP contribution >= 0.6 is 11.6 Å². The largest absolute Gasteiger partial charge is 0.299 e. The van der Waals surface area contributed by atoms with Crippen molar-refractivity contribution in [3.05, 3.63) is 65.2 Å². The van der Waals surface area contributed by atoms with Crippen molar-refractivity contribution in [1.29, 1.82) is 0 Å². The summed E-state index contributed by atoms with van der Waals surface area (Å²) in [5, 5.41) is 0.554. The molecule has 0 aliphatic carbocycles. The fraction of sp³-hybridized carbons (Fsp3) is 0.455. The van der Waals surface area contributed by atoms with Gasteiger partial charge >= 0.3 is 0 Å². The quantitative estimate of drug-likeness (QED) is 0.738. The topological polar surface area (TPSA) is 40.6 Å². The second-order valence-corrected chi connectivity index (χ2v) is 10.5. The summed E-state index contributed by atoms with van der Waals surface area (Å²) in [6.07, 6.45) is 4.24. The molecule has 2 fully saturated rings. The smallest absolute Gasteiger partial charge is 0.243 e. The van der Waals surface area contributed by atoms with E-state index in [1.165, 1.54) is 5.56 Å². The summed E-state index contributed by atoms with van der Waals surface area (Å²) < 4.78 is 27.4. The Hall–Kier alpha value is -1.40. The van der Waals surface area contributed by atoms with Crippen molar-refractivity contribution in [2.45, 2.75) is 37.1 Å². The average Bonchev–Trinajstić information content (AvgIpc) is 2.71. The van der Waals surface area contributed by atoms with Gasteiger partial charge in [0.05, 0.1) is 4.90 Å². The SMILES string of the molecule is O=S(=O)(c1ccc(Cl)cc1)N1CCC2(CCN(Cc3ccccc3)CC2)CC1. The Morgan fingerprint density at radius 1 is 0.821 bits per heavy atom. The number of halogens is 1. The van der Waals surface area contributed by atoms with E-state index in [-0.39, 0.29) is 0 Å². The minimum Gasteiger partial charge on any atom is -0.299 e. The van der Waals surface area contributed by atoms with E-state index >= 15 is 0 Å². The van der Waals surface area contributed by atoms with Gasteiger partial charge in [0.15, 0.2) is 0 Å². The molecule has 0 radical (unpaired) electrons. The number of hydrogen-bond donors (Lipinski definition) is 0.